The number of rotatable bonds is 5. The minimum Gasteiger partial charge on any atom is -0.353 e. The van der Waals surface area contributed by atoms with Gasteiger partial charge >= 0.3 is 0 Å². The first kappa shape index (κ1) is 13.4. The van der Waals surface area contributed by atoms with E-state index in [1.165, 1.54) is 0 Å². The first-order chi connectivity index (χ1) is 6.22. The number of nitrogens with one attached hydrogen (secondary N) is 1. The van der Waals surface area contributed by atoms with Gasteiger partial charge in [-0.15, -0.1) is 0 Å². The second-order valence-corrected chi connectivity index (χ2v) is 5.95. The normalized spacial score (nSPS) is 14.1. The highest BCUT2D eigenvalue weighted by atomic mass is 32.2. The van der Waals surface area contributed by atoms with E-state index in [1.54, 1.807) is 0 Å². The van der Waals surface area contributed by atoms with Gasteiger partial charge in [0.05, 0.1) is 11.8 Å². The Bertz CT molecular complexity index is 285. The molecule has 0 fully saturated rings. The van der Waals surface area contributed by atoms with Gasteiger partial charge in [0.2, 0.25) is 5.91 Å². The molecule has 0 aromatic rings. The average molecular weight is 222 g/mol. The van der Waals surface area contributed by atoms with Crippen molar-refractivity contribution >= 4 is 15.7 Å². The van der Waals surface area contributed by atoms with Crippen LogP contribution in [0.5, 0.6) is 0 Å². The van der Waals surface area contributed by atoms with Crippen molar-refractivity contribution in [2.24, 2.45) is 5.73 Å². The van der Waals surface area contributed by atoms with Crippen LogP contribution in [0, 0.1) is 0 Å². The van der Waals surface area contributed by atoms with Crippen molar-refractivity contribution in [2.75, 3.05) is 12.0 Å². The molecular formula is C8H18N2O3S. The fourth-order valence-electron chi connectivity index (χ4n) is 0.864. The molecule has 0 bridgehead atoms. The molecule has 0 radical (unpaired) electrons. The molecule has 14 heavy (non-hydrogen) atoms. The lowest BCUT2D eigenvalue weighted by molar-refractivity contribution is -0.122. The fraction of sp³-hybridized carbons (Fsp3) is 0.875. The number of nitrogens with two attached hydrogens (primary N) is 1. The van der Waals surface area contributed by atoms with Gasteiger partial charge in [-0.25, -0.2) is 8.42 Å². The molecule has 84 valence electrons. The van der Waals surface area contributed by atoms with Gasteiger partial charge in [0.1, 0.15) is 9.84 Å². The Morgan fingerprint density at radius 1 is 1.43 bits per heavy atom. The summed E-state index contributed by atoms with van der Waals surface area (Å²) in [7, 11) is -3.04. The molecule has 0 spiro atoms. The number of sulfone groups is 1. The largest absolute Gasteiger partial charge is 0.353 e. The summed E-state index contributed by atoms with van der Waals surface area (Å²) in [5, 5.41) is 2.62. The molecule has 0 aromatic heterocycles. The van der Waals surface area contributed by atoms with Gasteiger partial charge in [-0.1, -0.05) is 0 Å². The second-order valence-electron chi connectivity index (χ2n) is 3.69. The molecule has 0 saturated heterocycles. The minimum absolute atomic E-state index is 0.0202. The Morgan fingerprint density at radius 2 is 1.93 bits per heavy atom. The number of carbonyl (C=O) groups is 1. The Balaban J connectivity index is 3.97. The minimum atomic E-state index is -3.04. The molecule has 1 atom stereocenters. The molecule has 1 unspecified atom stereocenters. The summed E-state index contributed by atoms with van der Waals surface area (Å²) >= 11 is 0. The zero-order valence-electron chi connectivity index (χ0n) is 8.78. The van der Waals surface area contributed by atoms with Gasteiger partial charge < -0.3 is 11.1 Å². The van der Waals surface area contributed by atoms with E-state index in [-0.39, 0.29) is 24.1 Å². The lowest BCUT2D eigenvalue weighted by Crippen LogP contribution is -2.44. The van der Waals surface area contributed by atoms with Crippen LogP contribution in [0.25, 0.3) is 0 Å². The highest BCUT2D eigenvalue weighted by molar-refractivity contribution is 7.90. The summed E-state index contributed by atoms with van der Waals surface area (Å²) < 4.78 is 21.6. The van der Waals surface area contributed by atoms with Crippen LogP contribution in [0.3, 0.4) is 0 Å². The summed E-state index contributed by atoms with van der Waals surface area (Å²) in [6.45, 7) is 3.64. The van der Waals surface area contributed by atoms with Crippen molar-refractivity contribution in [3.05, 3.63) is 0 Å². The van der Waals surface area contributed by atoms with Crippen molar-refractivity contribution in [3.8, 4) is 0 Å². The van der Waals surface area contributed by atoms with Crippen LogP contribution in [0.2, 0.25) is 0 Å². The van der Waals surface area contributed by atoms with E-state index in [2.05, 4.69) is 5.32 Å². The number of amides is 1. The summed E-state index contributed by atoms with van der Waals surface area (Å²) in [6, 6.07) is -0.723. The van der Waals surface area contributed by atoms with Gasteiger partial charge in [0.25, 0.3) is 0 Å². The second kappa shape index (κ2) is 5.31. The fourth-order valence-corrected chi connectivity index (χ4v) is 1.55. The third-order valence-corrected chi connectivity index (χ3v) is 2.54. The van der Waals surface area contributed by atoms with E-state index < -0.39 is 15.9 Å². The van der Waals surface area contributed by atoms with Crippen LogP contribution < -0.4 is 11.1 Å². The van der Waals surface area contributed by atoms with Crippen LogP contribution in [0.15, 0.2) is 0 Å². The van der Waals surface area contributed by atoms with Crippen LogP contribution in [-0.4, -0.2) is 38.4 Å². The molecular weight excluding hydrogens is 204 g/mol. The van der Waals surface area contributed by atoms with E-state index in [0.717, 1.165) is 6.26 Å². The Kier molecular flexibility index (Phi) is 5.07. The van der Waals surface area contributed by atoms with Crippen molar-refractivity contribution in [1.29, 1.82) is 0 Å². The SMILES string of the molecule is CC(C)NC(=O)C(N)CCS(C)(=O)=O. The maximum absolute atomic E-state index is 11.2. The van der Waals surface area contributed by atoms with E-state index in [1.807, 2.05) is 13.8 Å². The van der Waals surface area contributed by atoms with E-state index in [9.17, 15) is 13.2 Å². The van der Waals surface area contributed by atoms with E-state index >= 15 is 0 Å². The topological polar surface area (TPSA) is 89.3 Å². The molecule has 0 aliphatic heterocycles. The van der Waals surface area contributed by atoms with Crippen LogP contribution in [-0.2, 0) is 14.6 Å². The lowest BCUT2D eigenvalue weighted by atomic mass is 10.2. The summed E-state index contributed by atoms with van der Waals surface area (Å²) in [5.74, 6) is -0.358. The first-order valence-electron chi connectivity index (χ1n) is 4.46. The maximum atomic E-state index is 11.2. The van der Waals surface area contributed by atoms with Crippen LogP contribution >= 0.6 is 0 Å². The molecule has 0 aliphatic rings. The molecule has 0 aromatic carbocycles. The van der Waals surface area contributed by atoms with Gasteiger partial charge in [-0.2, -0.15) is 0 Å². The van der Waals surface area contributed by atoms with Crippen LogP contribution in [0.4, 0.5) is 0 Å². The third kappa shape index (κ3) is 6.85. The summed E-state index contributed by atoms with van der Waals surface area (Å²) in [6.07, 6.45) is 1.29. The third-order valence-electron chi connectivity index (χ3n) is 1.57. The van der Waals surface area contributed by atoms with Gasteiger partial charge in [0, 0.05) is 12.3 Å². The van der Waals surface area contributed by atoms with Crippen LogP contribution in [0.1, 0.15) is 20.3 Å². The monoisotopic (exact) mass is 222 g/mol. The molecule has 3 N–H and O–H groups in total. The van der Waals surface area contributed by atoms with Crippen molar-refractivity contribution in [1.82, 2.24) is 5.32 Å². The van der Waals surface area contributed by atoms with Crippen molar-refractivity contribution < 1.29 is 13.2 Å². The van der Waals surface area contributed by atoms with Gasteiger partial charge in [-0.05, 0) is 20.3 Å². The van der Waals surface area contributed by atoms with Crippen molar-refractivity contribution in [2.45, 2.75) is 32.4 Å². The molecule has 0 rings (SSSR count). The summed E-state index contributed by atoms with van der Waals surface area (Å²) in [5.41, 5.74) is 5.50. The van der Waals surface area contributed by atoms with E-state index in [4.69, 9.17) is 5.73 Å². The standard InChI is InChI=1S/C8H18N2O3S/c1-6(2)10-8(11)7(9)4-5-14(3,12)13/h6-7H,4-5,9H2,1-3H3,(H,10,11). The van der Waals surface area contributed by atoms with Crippen molar-refractivity contribution in [3.63, 3.8) is 0 Å². The van der Waals surface area contributed by atoms with Gasteiger partial charge in [0.15, 0.2) is 0 Å². The molecule has 1 amide bonds. The Labute approximate surface area is 85.0 Å². The number of hydrogen-bond acceptors (Lipinski definition) is 4. The predicted molar refractivity (Wildman–Crippen MR) is 55.6 cm³/mol. The molecule has 0 heterocycles. The predicted octanol–water partition coefficient (Wildman–Crippen LogP) is -0.727. The van der Waals surface area contributed by atoms with E-state index in [0.29, 0.717) is 0 Å². The Hall–Kier alpha value is -0.620. The quantitative estimate of drug-likeness (QED) is 0.642. The number of carbonyl (C=O) groups excluding carboxylic acids is 1. The molecule has 0 aliphatic carbocycles. The Morgan fingerprint density at radius 3 is 2.29 bits per heavy atom. The molecule has 6 heteroatoms. The maximum Gasteiger partial charge on any atom is 0.237 e. The zero-order chi connectivity index (χ0) is 11.4. The average Bonchev–Trinajstić information content (AvgIpc) is 1.97. The molecule has 0 saturated carbocycles. The molecule has 5 nitrogen and oxygen atoms in total. The highest BCUT2D eigenvalue weighted by Crippen LogP contribution is 1.94. The highest BCUT2D eigenvalue weighted by Gasteiger charge is 2.16. The summed E-state index contributed by atoms with van der Waals surface area (Å²) in [4.78, 5) is 11.2. The zero-order valence-corrected chi connectivity index (χ0v) is 9.60. The number of hydrogen-bond donors (Lipinski definition) is 2. The lowest BCUT2D eigenvalue weighted by Gasteiger charge is -2.13. The first-order valence-corrected chi connectivity index (χ1v) is 6.52. The smallest absolute Gasteiger partial charge is 0.237 e. The van der Waals surface area contributed by atoms with Gasteiger partial charge in [-0.3, -0.25) is 4.79 Å².